The van der Waals surface area contributed by atoms with Crippen molar-refractivity contribution in [2.24, 2.45) is 0 Å². The number of ether oxygens (including phenoxy) is 1. The Bertz CT molecular complexity index is 1550. The van der Waals surface area contributed by atoms with Gasteiger partial charge in [-0.05, 0) is 73.9 Å². The second kappa shape index (κ2) is 10.7. The molecule has 0 atom stereocenters. The molecule has 0 radical (unpaired) electrons. The number of thioether (sulfide) groups is 1. The molecule has 0 saturated heterocycles. The number of carbonyl (C=O) groups is 1. The summed E-state index contributed by atoms with van der Waals surface area (Å²) < 4.78 is 35.5. The molecule has 1 aliphatic rings. The number of carbonyl (C=O) groups excluding carboxylic acids is 1. The second-order valence-electron chi connectivity index (χ2n) is 9.21. The molecular formula is C26H29N5O4S2. The van der Waals surface area contributed by atoms with E-state index in [4.69, 9.17) is 4.74 Å². The summed E-state index contributed by atoms with van der Waals surface area (Å²) in [6, 6.07) is 14.1. The molecule has 37 heavy (non-hydrogen) atoms. The maximum absolute atomic E-state index is 12.7. The van der Waals surface area contributed by atoms with E-state index in [0.29, 0.717) is 10.8 Å². The molecule has 2 aromatic carbocycles. The number of aryl methyl sites for hydroxylation is 1. The normalized spacial score (nSPS) is 14.8. The molecule has 194 valence electrons. The maximum Gasteiger partial charge on any atom is 0.240 e. The molecule has 1 saturated carbocycles. The quantitative estimate of drug-likeness (QED) is 0.316. The number of sulfonamides is 1. The fourth-order valence-corrected chi connectivity index (χ4v) is 6.71. The zero-order chi connectivity index (χ0) is 26.0. The number of benzene rings is 2. The van der Waals surface area contributed by atoms with E-state index >= 15 is 0 Å². The van der Waals surface area contributed by atoms with Crippen molar-refractivity contribution in [1.82, 2.24) is 19.3 Å². The van der Waals surface area contributed by atoms with Crippen LogP contribution in [-0.4, -0.2) is 47.8 Å². The first-order valence-corrected chi connectivity index (χ1v) is 14.7. The molecule has 2 aromatic heterocycles. The van der Waals surface area contributed by atoms with E-state index in [1.54, 1.807) is 19.2 Å². The fourth-order valence-electron chi connectivity index (χ4n) is 4.67. The van der Waals surface area contributed by atoms with E-state index in [1.807, 2.05) is 35.6 Å². The van der Waals surface area contributed by atoms with Crippen LogP contribution in [-0.2, 0) is 14.8 Å². The average molecular weight is 540 g/mol. The summed E-state index contributed by atoms with van der Waals surface area (Å²) in [5.74, 6) is 0.656. The van der Waals surface area contributed by atoms with Crippen molar-refractivity contribution >= 4 is 49.9 Å². The van der Waals surface area contributed by atoms with Crippen molar-refractivity contribution in [2.45, 2.75) is 55.1 Å². The molecule has 1 aliphatic carbocycles. The Kier molecular flexibility index (Phi) is 7.36. The van der Waals surface area contributed by atoms with Gasteiger partial charge in [-0.25, -0.2) is 13.1 Å². The van der Waals surface area contributed by atoms with Crippen LogP contribution in [0.25, 0.3) is 16.6 Å². The molecule has 9 nitrogen and oxygen atoms in total. The fraction of sp³-hybridized carbons (Fsp3) is 0.346. The molecule has 0 spiro atoms. The molecule has 11 heteroatoms. The highest BCUT2D eigenvalue weighted by Gasteiger charge is 2.22. The molecule has 0 aliphatic heterocycles. The lowest BCUT2D eigenvalue weighted by molar-refractivity contribution is -0.113. The Hall–Kier alpha value is -3.15. The highest BCUT2D eigenvalue weighted by atomic mass is 32.2. The predicted molar refractivity (Wildman–Crippen MR) is 145 cm³/mol. The molecule has 2 heterocycles. The van der Waals surface area contributed by atoms with Crippen molar-refractivity contribution in [3.05, 3.63) is 54.1 Å². The van der Waals surface area contributed by atoms with Crippen LogP contribution in [0.5, 0.6) is 5.75 Å². The largest absolute Gasteiger partial charge is 0.497 e. The zero-order valence-corrected chi connectivity index (χ0v) is 22.4. The number of fused-ring (bicyclic) bond motifs is 3. The summed E-state index contributed by atoms with van der Waals surface area (Å²) in [5.41, 5.74) is 3.16. The lowest BCUT2D eigenvalue weighted by atomic mass is 9.96. The molecule has 2 N–H and O–H groups in total. The number of amides is 1. The third-order valence-electron chi connectivity index (χ3n) is 6.54. The van der Waals surface area contributed by atoms with Crippen LogP contribution in [0.4, 0.5) is 5.69 Å². The van der Waals surface area contributed by atoms with Gasteiger partial charge in [0.1, 0.15) is 5.75 Å². The molecular weight excluding hydrogens is 510 g/mol. The summed E-state index contributed by atoms with van der Waals surface area (Å²) in [7, 11) is -1.95. The van der Waals surface area contributed by atoms with Crippen molar-refractivity contribution in [1.29, 1.82) is 0 Å². The molecule has 5 rings (SSSR count). The summed E-state index contributed by atoms with van der Waals surface area (Å²) in [6.45, 7) is 1.97. The minimum absolute atomic E-state index is 0.00803. The first-order valence-electron chi connectivity index (χ1n) is 12.2. The number of anilines is 1. The summed E-state index contributed by atoms with van der Waals surface area (Å²) in [6.07, 6.45) is 4.99. The summed E-state index contributed by atoms with van der Waals surface area (Å²) in [5, 5.41) is 13.0. The number of aromatic nitrogens is 3. The summed E-state index contributed by atoms with van der Waals surface area (Å²) in [4.78, 5) is 12.9. The van der Waals surface area contributed by atoms with E-state index in [-0.39, 0.29) is 22.6 Å². The van der Waals surface area contributed by atoms with Crippen LogP contribution < -0.4 is 14.8 Å². The molecule has 0 bridgehead atoms. The highest BCUT2D eigenvalue weighted by molar-refractivity contribution is 7.99. The monoisotopic (exact) mass is 539 g/mol. The lowest BCUT2D eigenvalue weighted by Crippen LogP contribution is -2.36. The first-order chi connectivity index (χ1) is 17.8. The van der Waals surface area contributed by atoms with Crippen molar-refractivity contribution in [2.75, 3.05) is 18.2 Å². The van der Waals surface area contributed by atoms with Crippen LogP contribution in [0.3, 0.4) is 0 Å². The smallest absolute Gasteiger partial charge is 0.240 e. The third-order valence-corrected chi connectivity index (χ3v) is 9.01. The van der Waals surface area contributed by atoms with Crippen molar-refractivity contribution in [3.8, 4) is 5.75 Å². The van der Waals surface area contributed by atoms with Gasteiger partial charge in [0.05, 0.1) is 23.3 Å². The number of nitrogens with one attached hydrogen (secondary N) is 2. The van der Waals surface area contributed by atoms with Gasteiger partial charge in [0, 0.05) is 17.1 Å². The van der Waals surface area contributed by atoms with Crippen LogP contribution >= 0.6 is 11.8 Å². The SMILES string of the molecule is COc1ccc2c(c1)cc(C)c1nnc(SCC(=O)Nc3ccc(S(=O)(=O)NC4CCCCC4)cc3)n12. The van der Waals surface area contributed by atoms with Gasteiger partial charge in [-0.15, -0.1) is 10.2 Å². The Balaban J connectivity index is 1.25. The minimum Gasteiger partial charge on any atom is -0.497 e. The number of pyridine rings is 1. The van der Waals surface area contributed by atoms with E-state index in [9.17, 15) is 13.2 Å². The van der Waals surface area contributed by atoms with Gasteiger partial charge < -0.3 is 10.1 Å². The van der Waals surface area contributed by atoms with E-state index in [2.05, 4.69) is 20.2 Å². The Morgan fingerprint density at radius 3 is 2.57 bits per heavy atom. The van der Waals surface area contributed by atoms with Gasteiger partial charge in [-0.2, -0.15) is 0 Å². The Morgan fingerprint density at radius 1 is 1.08 bits per heavy atom. The van der Waals surface area contributed by atoms with E-state index in [1.165, 1.54) is 23.9 Å². The zero-order valence-electron chi connectivity index (χ0n) is 20.7. The van der Waals surface area contributed by atoms with Crippen LogP contribution in [0.1, 0.15) is 37.7 Å². The Labute approximate surface area is 220 Å². The third kappa shape index (κ3) is 5.58. The van der Waals surface area contributed by atoms with Gasteiger partial charge in [0.25, 0.3) is 0 Å². The van der Waals surface area contributed by atoms with E-state index < -0.39 is 10.0 Å². The number of hydrogen-bond donors (Lipinski definition) is 2. The Morgan fingerprint density at radius 2 is 1.84 bits per heavy atom. The van der Waals surface area contributed by atoms with E-state index in [0.717, 1.165) is 60.0 Å². The number of methoxy groups -OCH3 is 1. The van der Waals surface area contributed by atoms with Crippen molar-refractivity contribution in [3.63, 3.8) is 0 Å². The van der Waals surface area contributed by atoms with Gasteiger partial charge in [0.2, 0.25) is 15.9 Å². The molecule has 1 fully saturated rings. The number of hydrogen-bond acceptors (Lipinski definition) is 7. The molecule has 4 aromatic rings. The minimum atomic E-state index is -3.58. The standard InChI is InChI=1S/C26H29N5O4S2/c1-17-14-18-15-21(35-2)10-13-23(18)31-25(17)28-29-26(31)36-16-24(32)27-19-8-11-22(12-9-19)37(33,34)30-20-6-4-3-5-7-20/h8-15,20,30H,3-7,16H2,1-2H3,(H,27,32). The van der Waals surface area contributed by atoms with Crippen molar-refractivity contribution < 1.29 is 17.9 Å². The first kappa shape index (κ1) is 25.5. The number of rotatable bonds is 8. The van der Waals surface area contributed by atoms with Gasteiger partial charge in [-0.1, -0.05) is 31.0 Å². The topological polar surface area (TPSA) is 115 Å². The lowest BCUT2D eigenvalue weighted by Gasteiger charge is -2.22. The van der Waals surface area contributed by atoms with Gasteiger partial charge in [-0.3, -0.25) is 9.20 Å². The van der Waals surface area contributed by atoms with Crippen LogP contribution in [0.15, 0.2) is 58.6 Å². The van der Waals surface area contributed by atoms with Crippen LogP contribution in [0.2, 0.25) is 0 Å². The molecule has 1 amide bonds. The average Bonchev–Trinajstić information content (AvgIpc) is 3.33. The predicted octanol–water partition coefficient (Wildman–Crippen LogP) is 4.54. The highest BCUT2D eigenvalue weighted by Crippen LogP contribution is 2.28. The molecule has 0 unspecified atom stereocenters. The van der Waals surface area contributed by atoms with Crippen LogP contribution in [0, 0.1) is 6.92 Å². The maximum atomic E-state index is 12.7. The van der Waals surface area contributed by atoms with Gasteiger partial charge >= 0.3 is 0 Å². The second-order valence-corrected chi connectivity index (χ2v) is 11.9. The van der Waals surface area contributed by atoms with Gasteiger partial charge in [0.15, 0.2) is 10.8 Å². The number of nitrogens with zero attached hydrogens (tertiary/aromatic N) is 3. The summed E-state index contributed by atoms with van der Waals surface area (Å²) >= 11 is 1.28.